The van der Waals surface area contributed by atoms with Crippen LogP contribution in [0.25, 0.3) is 0 Å². The van der Waals surface area contributed by atoms with Crippen molar-refractivity contribution in [3.8, 4) is 0 Å². The molecule has 1 fully saturated rings. The fourth-order valence-electron chi connectivity index (χ4n) is 2.31. The van der Waals surface area contributed by atoms with Gasteiger partial charge in [0.2, 0.25) is 0 Å². The lowest BCUT2D eigenvalue weighted by Gasteiger charge is -2.26. The lowest BCUT2D eigenvalue weighted by Crippen LogP contribution is -2.40. The molecule has 0 spiro atoms. The van der Waals surface area contributed by atoms with Gasteiger partial charge >= 0.3 is 0 Å². The highest BCUT2D eigenvalue weighted by Gasteiger charge is 2.09. The molecule has 0 radical (unpaired) electrons. The molecule has 0 aromatic carbocycles. The second kappa shape index (κ2) is 6.87. The van der Waals surface area contributed by atoms with Crippen molar-refractivity contribution in [3.63, 3.8) is 0 Å². The Morgan fingerprint density at radius 3 is 2.89 bits per heavy atom. The predicted octanol–water partition coefficient (Wildman–Crippen LogP) is 0.404. The maximum absolute atomic E-state index is 5.34. The molecule has 1 saturated heterocycles. The van der Waals surface area contributed by atoms with E-state index >= 15 is 0 Å². The number of nitrogens with one attached hydrogen (secondary N) is 1. The van der Waals surface area contributed by atoms with Gasteiger partial charge in [0.05, 0.1) is 18.9 Å². The molecule has 5 nitrogen and oxygen atoms in total. The van der Waals surface area contributed by atoms with Gasteiger partial charge in [-0.15, -0.1) is 0 Å². The molecule has 0 atom stereocenters. The summed E-state index contributed by atoms with van der Waals surface area (Å²) in [6.07, 6.45) is 3.11. The van der Waals surface area contributed by atoms with E-state index in [4.69, 9.17) is 4.74 Å². The lowest BCUT2D eigenvalue weighted by atomic mass is 10.2. The van der Waals surface area contributed by atoms with Gasteiger partial charge in [-0.2, -0.15) is 5.10 Å². The zero-order chi connectivity index (χ0) is 12.8. The van der Waals surface area contributed by atoms with Crippen molar-refractivity contribution in [2.75, 3.05) is 39.4 Å². The molecule has 1 aliphatic rings. The van der Waals surface area contributed by atoms with Gasteiger partial charge in [-0.1, -0.05) is 6.92 Å². The zero-order valence-corrected chi connectivity index (χ0v) is 11.5. The maximum atomic E-state index is 5.34. The summed E-state index contributed by atoms with van der Waals surface area (Å²) in [7, 11) is 1.98. The highest BCUT2D eigenvalue weighted by Crippen LogP contribution is 2.06. The number of hydrogen-bond acceptors (Lipinski definition) is 4. The standard InChI is InChI=1S/C13H24N4O/c1-3-13-12(11-16(2)15-13)10-14-4-5-17-6-8-18-9-7-17/h11,14H,3-10H2,1-2H3. The summed E-state index contributed by atoms with van der Waals surface area (Å²) in [6, 6.07) is 0. The van der Waals surface area contributed by atoms with Crippen molar-refractivity contribution >= 4 is 0 Å². The fourth-order valence-corrected chi connectivity index (χ4v) is 2.31. The first-order valence-electron chi connectivity index (χ1n) is 6.82. The van der Waals surface area contributed by atoms with Gasteiger partial charge in [0.15, 0.2) is 0 Å². The van der Waals surface area contributed by atoms with E-state index in [0.717, 1.165) is 52.4 Å². The summed E-state index contributed by atoms with van der Waals surface area (Å²) < 4.78 is 7.24. The first kappa shape index (κ1) is 13.5. The highest BCUT2D eigenvalue weighted by molar-refractivity contribution is 5.16. The molecule has 0 unspecified atom stereocenters. The van der Waals surface area contributed by atoms with Gasteiger partial charge in [0.25, 0.3) is 0 Å². The summed E-state index contributed by atoms with van der Waals surface area (Å²) >= 11 is 0. The first-order valence-corrected chi connectivity index (χ1v) is 6.82. The summed E-state index contributed by atoms with van der Waals surface area (Å²) in [5, 5.41) is 7.95. The van der Waals surface area contributed by atoms with E-state index in [1.807, 2.05) is 11.7 Å². The minimum atomic E-state index is 0.878. The Kier molecular flexibility index (Phi) is 5.16. The number of ether oxygens (including phenoxy) is 1. The Balaban J connectivity index is 1.68. The number of aromatic nitrogens is 2. The molecule has 102 valence electrons. The number of morpholine rings is 1. The molecule has 1 aromatic rings. The normalized spacial score (nSPS) is 17.2. The van der Waals surface area contributed by atoms with E-state index in [9.17, 15) is 0 Å². The van der Waals surface area contributed by atoms with E-state index in [0.29, 0.717) is 0 Å². The van der Waals surface area contributed by atoms with Crippen LogP contribution in [0.3, 0.4) is 0 Å². The molecule has 2 heterocycles. The Morgan fingerprint density at radius 2 is 2.17 bits per heavy atom. The minimum absolute atomic E-state index is 0.878. The van der Waals surface area contributed by atoms with Crippen LogP contribution in [0, 0.1) is 0 Å². The van der Waals surface area contributed by atoms with E-state index in [1.54, 1.807) is 0 Å². The fraction of sp³-hybridized carbons (Fsp3) is 0.769. The van der Waals surface area contributed by atoms with Gasteiger partial charge in [0.1, 0.15) is 0 Å². The average Bonchev–Trinajstić information content (AvgIpc) is 2.76. The van der Waals surface area contributed by atoms with E-state index < -0.39 is 0 Å². The van der Waals surface area contributed by atoms with Crippen LogP contribution in [0.2, 0.25) is 0 Å². The number of nitrogens with zero attached hydrogens (tertiary/aromatic N) is 3. The monoisotopic (exact) mass is 252 g/mol. The Bertz CT molecular complexity index is 358. The molecule has 0 aliphatic carbocycles. The van der Waals surface area contributed by atoms with Gasteiger partial charge in [-0.25, -0.2) is 0 Å². The third kappa shape index (κ3) is 3.80. The van der Waals surface area contributed by atoms with Crippen LogP contribution in [0.1, 0.15) is 18.2 Å². The van der Waals surface area contributed by atoms with Crippen molar-refractivity contribution in [2.24, 2.45) is 7.05 Å². The molecule has 18 heavy (non-hydrogen) atoms. The van der Waals surface area contributed by atoms with Crippen molar-refractivity contribution in [1.82, 2.24) is 20.0 Å². The third-order valence-corrected chi connectivity index (χ3v) is 3.35. The topological polar surface area (TPSA) is 42.3 Å². The van der Waals surface area contributed by atoms with Crippen LogP contribution in [0.4, 0.5) is 0 Å². The number of rotatable bonds is 6. The van der Waals surface area contributed by atoms with Crippen LogP contribution in [0.5, 0.6) is 0 Å². The smallest absolute Gasteiger partial charge is 0.0666 e. The lowest BCUT2D eigenvalue weighted by molar-refractivity contribution is 0.0384. The highest BCUT2D eigenvalue weighted by atomic mass is 16.5. The second-order valence-corrected chi connectivity index (χ2v) is 4.76. The van der Waals surface area contributed by atoms with Gasteiger partial charge in [-0.05, 0) is 6.42 Å². The molecular formula is C13H24N4O. The van der Waals surface area contributed by atoms with Gasteiger partial charge < -0.3 is 10.1 Å². The Labute approximate surface area is 109 Å². The predicted molar refractivity (Wildman–Crippen MR) is 71.6 cm³/mol. The summed E-state index contributed by atoms with van der Waals surface area (Å²) in [6.45, 7) is 9.08. The van der Waals surface area contributed by atoms with Crippen LogP contribution in [-0.4, -0.2) is 54.1 Å². The van der Waals surface area contributed by atoms with Crippen molar-refractivity contribution < 1.29 is 4.74 Å². The van der Waals surface area contributed by atoms with Crippen molar-refractivity contribution in [1.29, 1.82) is 0 Å². The second-order valence-electron chi connectivity index (χ2n) is 4.76. The quantitative estimate of drug-likeness (QED) is 0.745. The van der Waals surface area contributed by atoms with Gasteiger partial charge in [0, 0.05) is 51.5 Å². The molecule has 1 aromatic heterocycles. The summed E-state index contributed by atoms with van der Waals surface area (Å²) in [5.41, 5.74) is 2.53. The molecule has 5 heteroatoms. The molecule has 1 aliphatic heterocycles. The van der Waals surface area contributed by atoms with Crippen LogP contribution in [-0.2, 0) is 24.8 Å². The summed E-state index contributed by atoms with van der Waals surface area (Å²) in [4.78, 5) is 2.44. The van der Waals surface area contributed by atoms with E-state index in [1.165, 1.54) is 11.3 Å². The van der Waals surface area contributed by atoms with Crippen LogP contribution >= 0.6 is 0 Å². The molecule has 0 saturated carbocycles. The largest absolute Gasteiger partial charge is 0.379 e. The molecule has 1 N–H and O–H groups in total. The zero-order valence-electron chi connectivity index (χ0n) is 11.5. The van der Waals surface area contributed by atoms with Crippen molar-refractivity contribution in [2.45, 2.75) is 19.9 Å². The minimum Gasteiger partial charge on any atom is -0.379 e. The van der Waals surface area contributed by atoms with Crippen molar-refractivity contribution in [3.05, 3.63) is 17.5 Å². The summed E-state index contributed by atoms with van der Waals surface area (Å²) in [5.74, 6) is 0. The average molecular weight is 252 g/mol. The number of aryl methyl sites for hydroxylation is 2. The first-order chi connectivity index (χ1) is 8.79. The maximum Gasteiger partial charge on any atom is 0.0666 e. The van der Waals surface area contributed by atoms with Crippen LogP contribution < -0.4 is 5.32 Å². The SMILES string of the molecule is CCc1nn(C)cc1CNCCN1CCOCC1. The number of hydrogen-bond donors (Lipinski definition) is 1. The van der Waals surface area contributed by atoms with Gasteiger partial charge in [-0.3, -0.25) is 9.58 Å². The van der Waals surface area contributed by atoms with Crippen LogP contribution in [0.15, 0.2) is 6.20 Å². The third-order valence-electron chi connectivity index (χ3n) is 3.35. The molecular weight excluding hydrogens is 228 g/mol. The molecule has 0 amide bonds. The Hall–Kier alpha value is -0.910. The van der Waals surface area contributed by atoms with E-state index in [-0.39, 0.29) is 0 Å². The Morgan fingerprint density at radius 1 is 1.39 bits per heavy atom. The molecule has 0 bridgehead atoms. The molecule has 2 rings (SSSR count). The van der Waals surface area contributed by atoms with E-state index in [2.05, 4.69) is 28.4 Å².